The summed E-state index contributed by atoms with van der Waals surface area (Å²) in [4.78, 5) is 0. The Labute approximate surface area is 120 Å². The molecule has 0 radical (unpaired) electrons. The van der Waals surface area contributed by atoms with Crippen LogP contribution in [0.2, 0.25) is 0 Å². The minimum absolute atomic E-state index is 0.319. The van der Waals surface area contributed by atoms with E-state index in [1.54, 1.807) is 6.07 Å². The van der Waals surface area contributed by atoms with Gasteiger partial charge in [0.1, 0.15) is 5.75 Å². The fourth-order valence-electron chi connectivity index (χ4n) is 2.42. The lowest BCUT2D eigenvalue weighted by Crippen LogP contribution is -1.87. The summed E-state index contributed by atoms with van der Waals surface area (Å²) in [6.07, 6.45) is 0. The number of phenols is 1. The molecule has 3 aromatic rings. The SMILES string of the molecule is Cc1c(Br)cccc1-c1c(O)ccc2ccccc12. The Bertz CT molecular complexity index is 762. The van der Waals surface area contributed by atoms with Crippen molar-refractivity contribution in [2.75, 3.05) is 0 Å². The van der Waals surface area contributed by atoms with Crippen molar-refractivity contribution in [1.82, 2.24) is 0 Å². The van der Waals surface area contributed by atoms with Gasteiger partial charge in [-0.05, 0) is 41.0 Å². The number of phenolic OH excluding ortho intramolecular Hbond substituents is 1. The van der Waals surface area contributed by atoms with Crippen LogP contribution < -0.4 is 0 Å². The molecule has 0 aliphatic heterocycles. The molecule has 0 aliphatic rings. The molecule has 94 valence electrons. The molecule has 19 heavy (non-hydrogen) atoms. The zero-order valence-corrected chi connectivity index (χ0v) is 12.1. The lowest BCUT2D eigenvalue weighted by Gasteiger charge is -2.13. The fourth-order valence-corrected chi connectivity index (χ4v) is 2.79. The van der Waals surface area contributed by atoms with Crippen LogP contribution in [0, 0.1) is 6.92 Å². The molecule has 0 bridgehead atoms. The van der Waals surface area contributed by atoms with Gasteiger partial charge in [-0.15, -0.1) is 0 Å². The van der Waals surface area contributed by atoms with E-state index in [2.05, 4.69) is 28.9 Å². The maximum Gasteiger partial charge on any atom is 0.124 e. The van der Waals surface area contributed by atoms with Gasteiger partial charge >= 0.3 is 0 Å². The van der Waals surface area contributed by atoms with Gasteiger partial charge in [-0.1, -0.05) is 58.4 Å². The van der Waals surface area contributed by atoms with Gasteiger partial charge in [0.15, 0.2) is 0 Å². The highest BCUT2D eigenvalue weighted by molar-refractivity contribution is 9.10. The average molecular weight is 313 g/mol. The summed E-state index contributed by atoms with van der Waals surface area (Å²) in [7, 11) is 0. The average Bonchev–Trinajstić information content (AvgIpc) is 2.43. The molecule has 0 unspecified atom stereocenters. The molecule has 0 amide bonds. The highest BCUT2D eigenvalue weighted by atomic mass is 79.9. The van der Waals surface area contributed by atoms with Crippen molar-refractivity contribution in [1.29, 1.82) is 0 Å². The fraction of sp³-hybridized carbons (Fsp3) is 0.0588. The molecule has 0 saturated carbocycles. The van der Waals surface area contributed by atoms with Gasteiger partial charge in [0.2, 0.25) is 0 Å². The van der Waals surface area contributed by atoms with E-state index >= 15 is 0 Å². The topological polar surface area (TPSA) is 20.2 Å². The molecular weight excluding hydrogens is 300 g/mol. The van der Waals surface area contributed by atoms with Crippen molar-refractivity contribution in [3.63, 3.8) is 0 Å². The minimum atomic E-state index is 0.319. The van der Waals surface area contributed by atoms with Crippen molar-refractivity contribution in [2.45, 2.75) is 6.92 Å². The quantitative estimate of drug-likeness (QED) is 0.648. The van der Waals surface area contributed by atoms with E-state index in [9.17, 15) is 5.11 Å². The van der Waals surface area contributed by atoms with E-state index < -0.39 is 0 Å². The van der Waals surface area contributed by atoms with Gasteiger partial charge in [0, 0.05) is 10.0 Å². The van der Waals surface area contributed by atoms with Gasteiger partial charge < -0.3 is 5.11 Å². The standard InChI is InChI=1S/C17H13BrO/c1-11-13(7-4-8-15(11)18)17-14-6-3-2-5-12(14)9-10-16(17)19/h2-10,19H,1H3. The van der Waals surface area contributed by atoms with Crippen molar-refractivity contribution in [3.8, 4) is 16.9 Å². The number of aromatic hydroxyl groups is 1. The molecule has 1 nitrogen and oxygen atoms in total. The Morgan fingerprint density at radius 3 is 2.53 bits per heavy atom. The lowest BCUT2D eigenvalue weighted by molar-refractivity contribution is 0.478. The first-order valence-corrected chi connectivity index (χ1v) is 6.94. The van der Waals surface area contributed by atoms with Crippen molar-refractivity contribution in [2.24, 2.45) is 0 Å². The Morgan fingerprint density at radius 1 is 0.895 bits per heavy atom. The van der Waals surface area contributed by atoms with E-state index in [1.165, 1.54) is 0 Å². The van der Waals surface area contributed by atoms with Gasteiger partial charge in [-0.3, -0.25) is 0 Å². The van der Waals surface area contributed by atoms with Crippen LogP contribution in [0.15, 0.2) is 59.1 Å². The molecule has 1 N–H and O–H groups in total. The summed E-state index contributed by atoms with van der Waals surface area (Å²) in [5.41, 5.74) is 3.09. The second kappa shape index (κ2) is 4.71. The Morgan fingerprint density at radius 2 is 1.68 bits per heavy atom. The first-order valence-electron chi connectivity index (χ1n) is 6.14. The zero-order chi connectivity index (χ0) is 13.4. The maximum atomic E-state index is 10.3. The number of hydrogen-bond acceptors (Lipinski definition) is 1. The molecule has 0 aromatic heterocycles. The van der Waals surface area contributed by atoms with Crippen LogP contribution >= 0.6 is 15.9 Å². The molecule has 0 atom stereocenters. The molecule has 0 saturated heterocycles. The third-order valence-electron chi connectivity index (χ3n) is 3.44. The largest absolute Gasteiger partial charge is 0.507 e. The van der Waals surface area contributed by atoms with Crippen LogP contribution in [0.1, 0.15) is 5.56 Å². The lowest BCUT2D eigenvalue weighted by atomic mass is 9.94. The van der Waals surface area contributed by atoms with Crippen LogP contribution in [0.5, 0.6) is 5.75 Å². The van der Waals surface area contributed by atoms with E-state index in [4.69, 9.17) is 0 Å². The van der Waals surface area contributed by atoms with Crippen molar-refractivity contribution in [3.05, 3.63) is 64.6 Å². The van der Waals surface area contributed by atoms with Crippen LogP contribution in [0.4, 0.5) is 0 Å². The predicted octanol–water partition coefficient (Wildman–Crippen LogP) is 5.28. The normalized spacial score (nSPS) is 10.8. The Kier molecular flexibility index (Phi) is 3.03. The number of benzene rings is 3. The summed E-state index contributed by atoms with van der Waals surface area (Å²) in [6.45, 7) is 2.06. The molecule has 0 fully saturated rings. The van der Waals surface area contributed by atoms with E-state index in [-0.39, 0.29) is 0 Å². The van der Waals surface area contributed by atoms with Gasteiger partial charge in [-0.2, -0.15) is 0 Å². The van der Waals surface area contributed by atoms with Crippen LogP contribution in [-0.2, 0) is 0 Å². The highest BCUT2D eigenvalue weighted by Crippen LogP contribution is 2.39. The molecule has 3 rings (SSSR count). The Balaban J connectivity index is 2.42. The molecular formula is C17H13BrO. The zero-order valence-electron chi connectivity index (χ0n) is 10.5. The summed E-state index contributed by atoms with van der Waals surface area (Å²) in [5, 5.41) is 12.5. The molecule has 2 heteroatoms. The number of rotatable bonds is 1. The van der Waals surface area contributed by atoms with Gasteiger partial charge in [0.05, 0.1) is 0 Å². The second-order valence-electron chi connectivity index (χ2n) is 4.59. The molecule has 0 aliphatic carbocycles. The maximum absolute atomic E-state index is 10.3. The minimum Gasteiger partial charge on any atom is -0.507 e. The molecule has 3 aromatic carbocycles. The number of hydrogen-bond donors (Lipinski definition) is 1. The Hall–Kier alpha value is -1.80. The van der Waals surface area contributed by atoms with Crippen molar-refractivity contribution < 1.29 is 5.11 Å². The van der Waals surface area contributed by atoms with E-state index in [0.717, 1.165) is 31.9 Å². The van der Waals surface area contributed by atoms with E-state index in [0.29, 0.717) is 5.75 Å². The first-order chi connectivity index (χ1) is 9.18. The highest BCUT2D eigenvalue weighted by Gasteiger charge is 2.12. The second-order valence-corrected chi connectivity index (χ2v) is 5.45. The molecule has 0 spiro atoms. The first kappa shape index (κ1) is 12.2. The van der Waals surface area contributed by atoms with E-state index in [1.807, 2.05) is 42.5 Å². The van der Waals surface area contributed by atoms with Crippen LogP contribution in [-0.4, -0.2) is 5.11 Å². The van der Waals surface area contributed by atoms with Crippen LogP contribution in [0.25, 0.3) is 21.9 Å². The summed E-state index contributed by atoms with van der Waals surface area (Å²) in [6, 6.07) is 17.9. The van der Waals surface area contributed by atoms with Crippen molar-refractivity contribution >= 4 is 26.7 Å². The van der Waals surface area contributed by atoms with Gasteiger partial charge in [-0.25, -0.2) is 0 Å². The summed E-state index contributed by atoms with van der Waals surface area (Å²) in [5.74, 6) is 0.319. The van der Waals surface area contributed by atoms with Crippen LogP contribution in [0.3, 0.4) is 0 Å². The number of halogens is 1. The summed E-state index contributed by atoms with van der Waals surface area (Å²) < 4.78 is 1.05. The number of fused-ring (bicyclic) bond motifs is 1. The predicted molar refractivity (Wildman–Crippen MR) is 83.5 cm³/mol. The molecule has 0 heterocycles. The monoisotopic (exact) mass is 312 g/mol. The van der Waals surface area contributed by atoms with Gasteiger partial charge in [0.25, 0.3) is 0 Å². The third kappa shape index (κ3) is 2.02. The summed E-state index contributed by atoms with van der Waals surface area (Å²) >= 11 is 3.55. The third-order valence-corrected chi connectivity index (χ3v) is 4.30. The smallest absolute Gasteiger partial charge is 0.124 e.